The number of likely N-dealkylation sites (tertiary alicyclic amines) is 1. The van der Waals surface area contributed by atoms with Crippen molar-refractivity contribution < 1.29 is 15.0 Å². The Hall–Kier alpha value is -2.59. The maximum atomic E-state index is 12.6. The number of phenols is 1. The number of carbonyl (C=O) groups is 1. The summed E-state index contributed by atoms with van der Waals surface area (Å²) in [5, 5.41) is 20.3. The van der Waals surface area contributed by atoms with E-state index in [2.05, 4.69) is 21.2 Å². The van der Waals surface area contributed by atoms with Crippen LogP contribution in [0.5, 0.6) is 5.75 Å². The van der Waals surface area contributed by atoms with E-state index >= 15 is 0 Å². The van der Waals surface area contributed by atoms with Gasteiger partial charge in [-0.15, -0.1) is 0 Å². The highest BCUT2D eigenvalue weighted by molar-refractivity contribution is 9.10. The van der Waals surface area contributed by atoms with E-state index in [-0.39, 0.29) is 33.1 Å². The standard InChI is InChI=1S/C17H19BrN4O4.CH4O/c1-20-16(25)12(18)13(17(26)21(20)2)19-11-7-5-6-10(14(11)23)15(24)22-8-3-4-9-22;1-2/h5-7,19,23H,3-4,8-9H2,1-2H3;2H,1H3. The minimum atomic E-state index is -0.449. The molecule has 1 aliphatic rings. The van der Waals surface area contributed by atoms with Crippen molar-refractivity contribution in [3.8, 4) is 5.75 Å². The maximum absolute atomic E-state index is 12.6. The minimum Gasteiger partial charge on any atom is -0.505 e. The smallest absolute Gasteiger partial charge is 0.289 e. The summed E-state index contributed by atoms with van der Waals surface area (Å²) in [5.41, 5.74) is -0.514. The molecule has 152 valence electrons. The summed E-state index contributed by atoms with van der Waals surface area (Å²) < 4.78 is 2.38. The van der Waals surface area contributed by atoms with Crippen LogP contribution in [0.25, 0.3) is 0 Å². The van der Waals surface area contributed by atoms with Crippen molar-refractivity contribution in [2.75, 3.05) is 25.5 Å². The predicted octanol–water partition coefficient (Wildman–Crippen LogP) is 1.14. The number of aliphatic hydroxyl groups excluding tert-OH is 1. The average Bonchev–Trinajstić information content (AvgIpc) is 3.25. The quantitative estimate of drug-likeness (QED) is 0.598. The molecule has 0 spiro atoms. The van der Waals surface area contributed by atoms with E-state index in [9.17, 15) is 19.5 Å². The first-order valence-electron chi connectivity index (χ1n) is 8.61. The summed E-state index contributed by atoms with van der Waals surface area (Å²) in [6.07, 6.45) is 1.89. The molecule has 9 nitrogen and oxygen atoms in total. The Balaban J connectivity index is 0.00000136. The lowest BCUT2D eigenvalue weighted by atomic mass is 10.1. The third-order valence-corrected chi connectivity index (χ3v) is 5.31. The van der Waals surface area contributed by atoms with Crippen LogP contribution in [0, 0.1) is 0 Å². The molecule has 0 atom stereocenters. The Kier molecular flexibility index (Phi) is 7.03. The Bertz CT molecular complexity index is 993. The number of aromatic hydroxyl groups is 1. The van der Waals surface area contributed by atoms with Crippen LogP contribution in [0.1, 0.15) is 23.2 Å². The molecule has 0 bridgehead atoms. The summed E-state index contributed by atoms with van der Waals surface area (Å²) in [7, 11) is 3.94. The number of aromatic nitrogens is 2. The summed E-state index contributed by atoms with van der Waals surface area (Å²) in [6.45, 7) is 1.33. The zero-order chi connectivity index (χ0) is 21.0. The molecule has 3 rings (SSSR count). The molecular weight excluding hydrogens is 432 g/mol. The molecule has 1 aromatic carbocycles. The largest absolute Gasteiger partial charge is 0.505 e. The SMILES string of the molecule is CO.Cn1c(=O)c(Br)c(Nc2cccc(C(=O)N3CCCC3)c2O)c(=O)n1C. The third-order valence-electron chi connectivity index (χ3n) is 4.58. The second-order valence-electron chi connectivity index (χ2n) is 6.17. The van der Waals surface area contributed by atoms with E-state index in [1.54, 1.807) is 23.1 Å². The lowest BCUT2D eigenvalue weighted by Crippen LogP contribution is -2.36. The number of hydrogen-bond acceptors (Lipinski definition) is 6. The molecule has 0 aliphatic carbocycles. The molecule has 1 fully saturated rings. The minimum absolute atomic E-state index is 0.00308. The highest BCUT2D eigenvalue weighted by Crippen LogP contribution is 2.32. The number of amides is 1. The van der Waals surface area contributed by atoms with Gasteiger partial charge in [0.15, 0.2) is 5.75 Å². The van der Waals surface area contributed by atoms with Gasteiger partial charge in [0.2, 0.25) is 0 Å². The summed E-state index contributed by atoms with van der Waals surface area (Å²) >= 11 is 3.13. The average molecular weight is 455 g/mol. The van der Waals surface area contributed by atoms with Crippen LogP contribution < -0.4 is 16.4 Å². The number of carbonyl (C=O) groups excluding carboxylic acids is 1. The van der Waals surface area contributed by atoms with Crippen LogP contribution in [0.15, 0.2) is 32.3 Å². The number of nitrogens with zero attached hydrogens (tertiary/aromatic N) is 3. The summed E-state index contributed by atoms with van der Waals surface area (Å²) in [6, 6.07) is 4.70. The number of rotatable bonds is 3. The number of nitrogens with one attached hydrogen (secondary N) is 1. The second-order valence-corrected chi connectivity index (χ2v) is 6.97. The zero-order valence-corrected chi connectivity index (χ0v) is 17.5. The number of para-hydroxylation sites is 1. The van der Waals surface area contributed by atoms with E-state index in [1.807, 2.05) is 0 Å². The van der Waals surface area contributed by atoms with Crippen molar-refractivity contribution in [1.29, 1.82) is 0 Å². The highest BCUT2D eigenvalue weighted by atomic mass is 79.9. The maximum Gasteiger partial charge on any atom is 0.289 e. The number of phenolic OH excluding ortho intramolecular Hbond substituents is 1. The fourth-order valence-electron chi connectivity index (χ4n) is 2.93. The first kappa shape index (κ1) is 21.7. The van der Waals surface area contributed by atoms with Crippen molar-refractivity contribution >= 4 is 33.2 Å². The normalized spacial score (nSPS) is 13.1. The Morgan fingerprint density at radius 1 is 1.07 bits per heavy atom. The second kappa shape index (κ2) is 9.07. The number of benzene rings is 1. The van der Waals surface area contributed by atoms with Gasteiger partial charge in [0.1, 0.15) is 10.2 Å². The van der Waals surface area contributed by atoms with E-state index < -0.39 is 11.1 Å². The lowest BCUT2D eigenvalue weighted by Gasteiger charge is -2.18. The van der Waals surface area contributed by atoms with Crippen molar-refractivity contribution in [1.82, 2.24) is 14.3 Å². The van der Waals surface area contributed by atoms with Gasteiger partial charge in [-0.1, -0.05) is 6.07 Å². The Morgan fingerprint density at radius 3 is 2.25 bits per heavy atom. The highest BCUT2D eigenvalue weighted by Gasteiger charge is 2.24. The Morgan fingerprint density at radius 2 is 1.64 bits per heavy atom. The van der Waals surface area contributed by atoms with Crippen molar-refractivity contribution in [3.05, 3.63) is 48.9 Å². The van der Waals surface area contributed by atoms with Gasteiger partial charge in [-0.05, 0) is 40.9 Å². The lowest BCUT2D eigenvalue weighted by molar-refractivity contribution is 0.0790. The van der Waals surface area contributed by atoms with Crippen molar-refractivity contribution in [2.45, 2.75) is 12.8 Å². The number of halogens is 1. The van der Waals surface area contributed by atoms with Crippen LogP contribution in [-0.2, 0) is 14.1 Å². The van der Waals surface area contributed by atoms with Gasteiger partial charge in [0.05, 0.1) is 11.3 Å². The Labute approximate surface area is 169 Å². The molecule has 28 heavy (non-hydrogen) atoms. The number of hydrogen-bond donors (Lipinski definition) is 3. The zero-order valence-electron chi connectivity index (χ0n) is 15.9. The van der Waals surface area contributed by atoms with E-state index in [1.165, 1.54) is 18.8 Å². The van der Waals surface area contributed by atoms with Gasteiger partial charge in [-0.2, -0.15) is 0 Å². The van der Waals surface area contributed by atoms with Crippen LogP contribution in [0.3, 0.4) is 0 Å². The predicted molar refractivity (Wildman–Crippen MR) is 109 cm³/mol. The molecular formula is C18H23BrN4O5. The fraction of sp³-hybridized carbons (Fsp3) is 0.389. The van der Waals surface area contributed by atoms with Gasteiger partial charge in [-0.3, -0.25) is 14.4 Å². The third kappa shape index (κ3) is 3.97. The molecule has 2 heterocycles. The fourth-order valence-corrected chi connectivity index (χ4v) is 3.45. The molecule has 3 N–H and O–H groups in total. The van der Waals surface area contributed by atoms with Gasteiger partial charge < -0.3 is 20.4 Å². The van der Waals surface area contributed by atoms with Crippen LogP contribution in [0.2, 0.25) is 0 Å². The number of anilines is 2. The molecule has 1 amide bonds. The van der Waals surface area contributed by atoms with Gasteiger partial charge in [-0.25, -0.2) is 9.36 Å². The summed E-state index contributed by atoms with van der Waals surface area (Å²) in [5.74, 6) is -0.501. The monoisotopic (exact) mass is 454 g/mol. The van der Waals surface area contributed by atoms with E-state index in [4.69, 9.17) is 5.11 Å². The van der Waals surface area contributed by atoms with E-state index in [0.717, 1.165) is 24.6 Å². The van der Waals surface area contributed by atoms with Crippen LogP contribution in [0.4, 0.5) is 11.4 Å². The first-order chi connectivity index (χ1) is 13.3. The van der Waals surface area contributed by atoms with Gasteiger partial charge in [0.25, 0.3) is 17.0 Å². The first-order valence-corrected chi connectivity index (χ1v) is 9.41. The molecule has 2 aromatic rings. The van der Waals surface area contributed by atoms with Crippen LogP contribution >= 0.6 is 15.9 Å². The molecule has 0 saturated carbocycles. The molecule has 0 unspecified atom stereocenters. The molecule has 0 radical (unpaired) electrons. The van der Waals surface area contributed by atoms with E-state index in [0.29, 0.717) is 13.1 Å². The topological polar surface area (TPSA) is 117 Å². The molecule has 10 heteroatoms. The molecule has 1 aliphatic heterocycles. The van der Waals surface area contributed by atoms with Crippen molar-refractivity contribution in [3.63, 3.8) is 0 Å². The number of aliphatic hydroxyl groups is 1. The molecule has 1 saturated heterocycles. The van der Waals surface area contributed by atoms with Gasteiger partial charge >= 0.3 is 0 Å². The van der Waals surface area contributed by atoms with Gasteiger partial charge in [0, 0.05) is 34.3 Å². The van der Waals surface area contributed by atoms with Crippen molar-refractivity contribution in [2.24, 2.45) is 14.1 Å². The van der Waals surface area contributed by atoms with Crippen LogP contribution in [-0.4, -0.2) is 50.6 Å². The summed E-state index contributed by atoms with van der Waals surface area (Å²) in [4.78, 5) is 38.9. The molecule has 1 aromatic heterocycles.